The number of hydrogen-bond acceptors (Lipinski definition) is 4. The summed E-state index contributed by atoms with van der Waals surface area (Å²) in [6.07, 6.45) is 3.05. The van der Waals surface area contributed by atoms with E-state index in [0.717, 1.165) is 23.4 Å². The third kappa shape index (κ3) is 2.55. The lowest BCUT2D eigenvalue weighted by Gasteiger charge is -2.31. The molecule has 3 heterocycles. The van der Waals surface area contributed by atoms with E-state index < -0.39 is 5.54 Å². The summed E-state index contributed by atoms with van der Waals surface area (Å²) in [7, 11) is 0. The third-order valence-electron chi connectivity index (χ3n) is 5.83. The Balaban J connectivity index is 1.60. The normalized spacial score (nSPS) is 24.4. The Hall–Kier alpha value is -2.21. The molecule has 2 aliphatic heterocycles. The van der Waals surface area contributed by atoms with Crippen LogP contribution in [0, 0.1) is 0 Å². The number of nitrogens with two attached hydrogens (primary N) is 1. The smallest absolute Gasteiger partial charge is 0.274 e. The van der Waals surface area contributed by atoms with Crippen molar-refractivity contribution >= 4 is 23.2 Å². The molecule has 2 amide bonds. The fourth-order valence-corrected chi connectivity index (χ4v) is 5.09. The zero-order valence-electron chi connectivity index (χ0n) is 15.1. The Morgan fingerprint density at radius 2 is 1.88 bits per heavy atom. The molecule has 26 heavy (non-hydrogen) atoms. The molecule has 2 saturated heterocycles. The van der Waals surface area contributed by atoms with Crippen LogP contribution in [0.3, 0.4) is 0 Å². The Kier molecular flexibility index (Phi) is 4.10. The van der Waals surface area contributed by atoms with Crippen LogP contribution in [-0.4, -0.2) is 33.3 Å². The molecule has 136 valence electrons. The number of aromatic nitrogens is 1. The van der Waals surface area contributed by atoms with Crippen LogP contribution in [0.1, 0.15) is 61.5 Å². The number of carbonyl (C=O) groups is 2. The van der Waals surface area contributed by atoms with Crippen molar-refractivity contribution in [1.82, 2.24) is 9.88 Å². The Labute approximate surface area is 157 Å². The van der Waals surface area contributed by atoms with Crippen molar-refractivity contribution in [2.24, 2.45) is 5.73 Å². The van der Waals surface area contributed by atoms with Crippen molar-refractivity contribution in [3.63, 3.8) is 0 Å². The van der Waals surface area contributed by atoms with Gasteiger partial charge in [-0.2, -0.15) is 0 Å². The van der Waals surface area contributed by atoms with Gasteiger partial charge in [0.2, 0.25) is 5.91 Å². The van der Waals surface area contributed by atoms with Gasteiger partial charge in [-0.15, -0.1) is 11.3 Å². The average Bonchev–Trinajstić information content (AvgIpc) is 3.35. The molecule has 1 aromatic heterocycles. The van der Waals surface area contributed by atoms with Gasteiger partial charge < -0.3 is 10.6 Å². The van der Waals surface area contributed by atoms with Crippen LogP contribution < -0.4 is 5.73 Å². The highest BCUT2D eigenvalue weighted by atomic mass is 32.1. The maximum atomic E-state index is 13.1. The van der Waals surface area contributed by atoms with Crippen LogP contribution in [0.25, 0.3) is 10.6 Å². The zero-order valence-corrected chi connectivity index (χ0v) is 15.9. The summed E-state index contributed by atoms with van der Waals surface area (Å²) in [6.45, 7) is 4.32. The fourth-order valence-electron chi connectivity index (χ4n) is 4.29. The maximum Gasteiger partial charge on any atom is 0.274 e. The number of nitrogens with zero attached hydrogens (tertiary/aromatic N) is 2. The minimum atomic E-state index is -0.801. The number of benzene rings is 1. The number of carbonyl (C=O) groups excluding carboxylic acids is 2. The van der Waals surface area contributed by atoms with Gasteiger partial charge in [-0.3, -0.25) is 9.59 Å². The van der Waals surface area contributed by atoms with Gasteiger partial charge in [0, 0.05) is 17.0 Å². The van der Waals surface area contributed by atoms with Gasteiger partial charge in [0.25, 0.3) is 5.91 Å². The molecule has 0 radical (unpaired) electrons. The predicted molar refractivity (Wildman–Crippen MR) is 102 cm³/mol. The zero-order chi connectivity index (χ0) is 18.5. The number of hydrogen-bond donors (Lipinski definition) is 1. The molecule has 0 atom stereocenters. The maximum absolute atomic E-state index is 13.1. The van der Waals surface area contributed by atoms with Crippen molar-refractivity contribution in [1.29, 1.82) is 0 Å². The lowest BCUT2D eigenvalue weighted by atomic mass is 9.87. The first-order chi connectivity index (χ1) is 12.4. The van der Waals surface area contributed by atoms with Crippen LogP contribution in [0.5, 0.6) is 0 Å². The molecule has 4 rings (SSSR count). The van der Waals surface area contributed by atoms with E-state index >= 15 is 0 Å². The second-order valence-corrected chi connectivity index (χ2v) is 8.47. The van der Waals surface area contributed by atoms with Gasteiger partial charge in [0.15, 0.2) is 0 Å². The van der Waals surface area contributed by atoms with Gasteiger partial charge in [-0.25, -0.2) is 4.98 Å². The van der Waals surface area contributed by atoms with E-state index in [9.17, 15) is 9.59 Å². The molecule has 2 aromatic rings. The summed E-state index contributed by atoms with van der Waals surface area (Å²) >= 11 is 1.46. The van der Waals surface area contributed by atoms with Crippen molar-refractivity contribution in [2.45, 2.75) is 57.0 Å². The van der Waals surface area contributed by atoms with Crippen LogP contribution in [0.4, 0.5) is 0 Å². The van der Waals surface area contributed by atoms with Gasteiger partial charge >= 0.3 is 0 Å². The minimum absolute atomic E-state index is 0.116. The van der Waals surface area contributed by atoms with Gasteiger partial charge in [0.05, 0.1) is 0 Å². The summed E-state index contributed by atoms with van der Waals surface area (Å²) < 4.78 is 0. The monoisotopic (exact) mass is 369 g/mol. The summed E-state index contributed by atoms with van der Waals surface area (Å²) in [5, 5.41) is 2.61. The Bertz CT molecular complexity index is 848. The highest BCUT2D eigenvalue weighted by Crippen LogP contribution is 2.47. The lowest BCUT2D eigenvalue weighted by Crippen LogP contribution is -2.53. The van der Waals surface area contributed by atoms with E-state index in [1.54, 1.807) is 10.3 Å². The number of rotatable bonds is 4. The summed E-state index contributed by atoms with van der Waals surface area (Å²) in [6, 6.07) is 8.42. The second-order valence-electron chi connectivity index (χ2n) is 7.62. The first-order valence-electron chi connectivity index (χ1n) is 9.12. The van der Waals surface area contributed by atoms with Crippen LogP contribution in [-0.2, 0) is 4.79 Å². The highest BCUT2D eigenvalue weighted by molar-refractivity contribution is 7.13. The standard InChI is InChI=1S/C20H23N3O2S/c1-12(2)13-3-5-14(6-4-13)17-22-16(11-26-17)18(24)23-15-7-9-20(23,10-8-15)19(21)25/h3-6,11-12,15H,7-10H2,1-2H3,(H2,21,25). The van der Waals surface area contributed by atoms with Gasteiger partial charge in [-0.05, 0) is 37.2 Å². The number of primary amides is 1. The number of amides is 2. The van der Waals surface area contributed by atoms with Crippen LogP contribution in [0.2, 0.25) is 0 Å². The molecule has 0 aliphatic carbocycles. The van der Waals surface area contributed by atoms with E-state index in [1.807, 2.05) is 12.1 Å². The Morgan fingerprint density at radius 3 is 2.46 bits per heavy atom. The molecular weight excluding hydrogens is 346 g/mol. The molecule has 0 unspecified atom stereocenters. The highest BCUT2D eigenvalue weighted by Gasteiger charge is 2.57. The van der Waals surface area contributed by atoms with Crippen molar-refractivity contribution in [3.8, 4) is 10.6 Å². The molecule has 0 spiro atoms. The molecule has 2 bridgehead atoms. The van der Waals surface area contributed by atoms with Gasteiger partial charge in [0.1, 0.15) is 16.2 Å². The SMILES string of the molecule is CC(C)c1ccc(-c2nc(C(=O)N3C4CCC3(C(N)=O)CC4)cs2)cc1. The summed E-state index contributed by atoms with van der Waals surface area (Å²) in [5.41, 5.74) is 7.56. The molecule has 6 heteroatoms. The molecular formula is C20H23N3O2S. The summed E-state index contributed by atoms with van der Waals surface area (Å²) in [5.74, 6) is -0.0659. The largest absolute Gasteiger partial charge is 0.368 e. The quantitative estimate of drug-likeness (QED) is 0.895. The van der Waals surface area contributed by atoms with Crippen LogP contribution in [0.15, 0.2) is 29.6 Å². The molecule has 5 nitrogen and oxygen atoms in total. The molecule has 1 aromatic carbocycles. The van der Waals surface area contributed by atoms with Crippen molar-refractivity contribution < 1.29 is 9.59 Å². The topological polar surface area (TPSA) is 76.3 Å². The van der Waals surface area contributed by atoms with E-state index in [0.29, 0.717) is 24.5 Å². The van der Waals surface area contributed by atoms with Crippen molar-refractivity contribution in [2.75, 3.05) is 0 Å². The molecule has 2 aliphatic rings. The second kappa shape index (κ2) is 6.20. The minimum Gasteiger partial charge on any atom is -0.368 e. The first-order valence-corrected chi connectivity index (χ1v) is 10.00. The third-order valence-corrected chi connectivity index (χ3v) is 6.72. The fraction of sp³-hybridized carbons (Fsp3) is 0.450. The van der Waals surface area contributed by atoms with Crippen LogP contribution >= 0.6 is 11.3 Å². The van der Waals surface area contributed by atoms with E-state index in [2.05, 4.69) is 31.0 Å². The first kappa shape index (κ1) is 17.2. The predicted octanol–water partition coefficient (Wildman–Crippen LogP) is 3.56. The number of fused-ring (bicyclic) bond motifs is 2. The Morgan fingerprint density at radius 1 is 1.23 bits per heavy atom. The van der Waals surface area contributed by atoms with E-state index in [1.165, 1.54) is 16.9 Å². The van der Waals surface area contributed by atoms with E-state index in [-0.39, 0.29) is 17.9 Å². The van der Waals surface area contributed by atoms with Gasteiger partial charge in [-0.1, -0.05) is 38.1 Å². The molecule has 2 N–H and O–H groups in total. The lowest BCUT2D eigenvalue weighted by molar-refractivity contribution is -0.126. The molecule has 0 saturated carbocycles. The molecule has 2 fully saturated rings. The van der Waals surface area contributed by atoms with Crippen molar-refractivity contribution in [3.05, 3.63) is 40.9 Å². The van der Waals surface area contributed by atoms with E-state index in [4.69, 9.17) is 5.73 Å². The number of thiazole rings is 1. The summed E-state index contributed by atoms with van der Waals surface area (Å²) in [4.78, 5) is 31.4. The average molecular weight is 369 g/mol.